The highest BCUT2D eigenvalue weighted by Crippen LogP contribution is 2.33. The monoisotopic (exact) mass is 257 g/mol. The van der Waals surface area contributed by atoms with Crippen LogP contribution >= 0.6 is 0 Å². The molecule has 0 aliphatic heterocycles. The highest BCUT2D eigenvalue weighted by molar-refractivity contribution is 5.85. The summed E-state index contributed by atoms with van der Waals surface area (Å²) in [4.78, 5) is 25.0. The minimum Gasteiger partial charge on any atom is -0.481 e. The van der Waals surface area contributed by atoms with E-state index in [1.54, 1.807) is 18.7 Å². The van der Waals surface area contributed by atoms with Crippen molar-refractivity contribution < 1.29 is 19.8 Å². The second kappa shape index (κ2) is 5.69. The molecule has 0 radical (unpaired) electrons. The molecule has 0 spiro atoms. The Balaban J connectivity index is 2.74. The quantitative estimate of drug-likeness (QED) is 0.773. The molecule has 0 bridgehead atoms. The third-order valence-electron chi connectivity index (χ3n) is 3.42. The zero-order chi connectivity index (χ0) is 13.9. The lowest BCUT2D eigenvalue weighted by Gasteiger charge is -2.31. The molecule has 0 aromatic carbocycles. The Morgan fingerprint density at radius 2 is 1.83 bits per heavy atom. The largest absolute Gasteiger partial charge is 0.481 e. The summed E-state index contributed by atoms with van der Waals surface area (Å²) in [6.07, 6.45) is 2.00. The molecule has 2 atom stereocenters. The van der Waals surface area contributed by atoms with Crippen molar-refractivity contribution in [2.45, 2.75) is 45.6 Å². The lowest BCUT2D eigenvalue weighted by atomic mass is 9.94. The van der Waals surface area contributed by atoms with Gasteiger partial charge in [-0.05, 0) is 33.6 Å². The van der Waals surface area contributed by atoms with E-state index in [1.807, 2.05) is 6.92 Å². The first kappa shape index (κ1) is 15.0. The van der Waals surface area contributed by atoms with E-state index in [-0.39, 0.29) is 12.5 Å². The summed E-state index contributed by atoms with van der Waals surface area (Å²) >= 11 is 0. The molecule has 1 fully saturated rings. The Kier molecular flexibility index (Phi) is 4.73. The number of carboxylic acid groups (broad SMARTS) is 1. The molecule has 1 aliphatic carbocycles. The maximum atomic E-state index is 12.3. The fraction of sp³-hybridized carbons (Fsp3) is 0.846. The number of carbonyl (C=O) groups excluding carboxylic acids is 1. The van der Waals surface area contributed by atoms with Crippen LogP contribution in [0.5, 0.6) is 0 Å². The predicted molar refractivity (Wildman–Crippen MR) is 67.0 cm³/mol. The van der Waals surface area contributed by atoms with E-state index < -0.39 is 23.4 Å². The number of hydrogen-bond donors (Lipinski definition) is 2. The lowest BCUT2D eigenvalue weighted by molar-refractivity contribution is -0.150. The molecular weight excluding hydrogens is 234 g/mol. The van der Waals surface area contributed by atoms with Gasteiger partial charge in [-0.1, -0.05) is 6.42 Å². The third kappa shape index (κ3) is 3.70. The number of aliphatic carboxylic acids is 1. The molecular formula is C13H23NO4. The van der Waals surface area contributed by atoms with E-state index >= 15 is 0 Å². The Morgan fingerprint density at radius 3 is 2.28 bits per heavy atom. The van der Waals surface area contributed by atoms with Crippen LogP contribution in [-0.2, 0) is 9.59 Å². The fourth-order valence-electron chi connectivity index (χ4n) is 2.60. The van der Waals surface area contributed by atoms with Crippen molar-refractivity contribution in [3.05, 3.63) is 0 Å². The summed E-state index contributed by atoms with van der Waals surface area (Å²) in [6.45, 7) is 5.86. The van der Waals surface area contributed by atoms with Gasteiger partial charge in [0.05, 0.1) is 17.4 Å². The number of hydrogen-bond acceptors (Lipinski definition) is 3. The highest BCUT2D eigenvalue weighted by Gasteiger charge is 2.40. The van der Waals surface area contributed by atoms with E-state index in [1.165, 1.54) is 0 Å². The van der Waals surface area contributed by atoms with E-state index in [0.717, 1.165) is 6.42 Å². The van der Waals surface area contributed by atoms with Crippen molar-refractivity contribution in [1.29, 1.82) is 0 Å². The van der Waals surface area contributed by atoms with Crippen LogP contribution in [0.25, 0.3) is 0 Å². The Hall–Kier alpha value is -1.10. The smallest absolute Gasteiger partial charge is 0.307 e. The molecule has 18 heavy (non-hydrogen) atoms. The number of amides is 1. The number of nitrogens with zero attached hydrogens (tertiary/aromatic N) is 1. The van der Waals surface area contributed by atoms with Crippen LogP contribution in [0.3, 0.4) is 0 Å². The zero-order valence-electron chi connectivity index (χ0n) is 11.3. The van der Waals surface area contributed by atoms with E-state index in [0.29, 0.717) is 19.4 Å². The molecule has 2 unspecified atom stereocenters. The Labute approximate surface area is 108 Å². The average molecular weight is 257 g/mol. The van der Waals surface area contributed by atoms with Gasteiger partial charge in [0.2, 0.25) is 5.91 Å². The minimum absolute atomic E-state index is 0.135. The molecule has 0 aromatic heterocycles. The van der Waals surface area contributed by atoms with Crippen LogP contribution < -0.4 is 0 Å². The number of aliphatic hydroxyl groups is 1. The molecule has 5 nitrogen and oxygen atoms in total. The summed E-state index contributed by atoms with van der Waals surface area (Å²) in [6, 6.07) is 0. The van der Waals surface area contributed by atoms with Crippen LogP contribution in [0.15, 0.2) is 0 Å². The first-order valence-electron chi connectivity index (χ1n) is 6.50. The summed E-state index contributed by atoms with van der Waals surface area (Å²) < 4.78 is 0. The molecule has 1 aliphatic rings. The van der Waals surface area contributed by atoms with Crippen LogP contribution in [-0.4, -0.2) is 45.7 Å². The van der Waals surface area contributed by atoms with Crippen molar-refractivity contribution in [1.82, 2.24) is 4.90 Å². The molecule has 5 heteroatoms. The molecule has 1 rings (SSSR count). The van der Waals surface area contributed by atoms with Gasteiger partial charge in [-0.2, -0.15) is 0 Å². The number of carbonyl (C=O) groups is 2. The van der Waals surface area contributed by atoms with Gasteiger partial charge in [-0.25, -0.2) is 0 Å². The van der Waals surface area contributed by atoms with Gasteiger partial charge < -0.3 is 15.1 Å². The normalized spacial score (nSPS) is 24.0. The van der Waals surface area contributed by atoms with E-state index in [9.17, 15) is 14.7 Å². The standard InChI is InChI=1S/C13H23NO4/c1-4-14(8-13(2,3)18)11(15)9-6-5-7-10(9)12(16)17/h9-10,18H,4-8H2,1-3H3,(H,16,17). The van der Waals surface area contributed by atoms with Crippen molar-refractivity contribution >= 4 is 11.9 Å². The van der Waals surface area contributed by atoms with Crippen molar-refractivity contribution in [2.24, 2.45) is 11.8 Å². The lowest BCUT2D eigenvalue weighted by Crippen LogP contribution is -2.46. The van der Waals surface area contributed by atoms with Crippen LogP contribution in [0.1, 0.15) is 40.0 Å². The van der Waals surface area contributed by atoms with Gasteiger partial charge in [0.15, 0.2) is 0 Å². The van der Waals surface area contributed by atoms with Crippen molar-refractivity contribution in [2.75, 3.05) is 13.1 Å². The molecule has 0 heterocycles. The minimum atomic E-state index is -0.955. The first-order valence-corrected chi connectivity index (χ1v) is 6.50. The number of likely N-dealkylation sites (N-methyl/N-ethyl adjacent to an activating group) is 1. The van der Waals surface area contributed by atoms with Crippen LogP contribution in [0, 0.1) is 11.8 Å². The van der Waals surface area contributed by atoms with E-state index in [2.05, 4.69) is 0 Å². The van der Waals surface area contributed by atoms with Gasteiger partial charge in [-0.3, -0.25) is 9.59 Å². The van der Waals surface area contributed by atoms with Crippen molar-refractivity contribution in [3.63, 3.8) is 0 Å². The molecule has 1 saturated carbocycles. The van der Waals surface area contributed by atoms with Gasteiger partial charge in [0.25, 0.3) is 0 Å². The molecule has 0 saturated heterocycles. The highest BCUT2D eigenvalue weighted by atomic mass is 16.4. The second-order valence-electron chi connectivity index (χ2n) is 5.65. The predicted octanol–water partition coefficient (Wildman–Crippen LogP) is 1.11. The summed E-state index contributed by atoms with van der Waals surface area (Å²) in [5, 5.41) is 18.9. The van der Waals surface area contributed by atoms with Crippen LogP contribution in [0.4, 0.5) is 0 Å². The average Bonchev–Trinajstić information content (AvgIpc) is 2.72. The van der Waals surface area contributed by atoms with Gasteiger partial charge >= 0.3 is 5.97 Å². The maximum Gasteiger partial charge on any atom is 0.307 e. The number of rotatable bonds is 5. The topological polar surface area (TPSA) is 77.8 Å². The molecule has 2 N–H and O–H groups in total. The third-order valence-corrected chi connectivity index (χ3v) is 3.42. The molecule has 104 valence electrons. The second-order valence-corrected chi connectivity index (χ2v) is 5.65. The number of carboxylic acids is 1. The fourth-order valence-corrected chi connectivity index (χ4v) is 2.60. The maximum absolute atomic E-state index is 12.3. The Morgan fingerprint density at radius 1 is 1.28 bits per heavy atom. The Bertz CT molecular complexity index is 321. The van der Waals surface area contributed by atoms with Gasteiger partial charge in [0.1, 0.15) is 0 Å². The van der Waals surface area contributed by atoms with Gasteiger partial charge in [0, 0.05) is 13.1 Å². The van der Waals surface area contributed by atoms with Gasteiger partial charge in [-0.15, -0.1) is 0 Å². The SMILES string of the molecule is CCN(CC(C)(C)O)C(=O)C1CCCC1C(=O)O. The zero-order valence-corrected chi connectivity index (χ0v) is 11.3. The van der Waals surface area contributed by atoms with Crippen molar-refractivity contribution in [3.8, 4) is 0 Å². The summed E-state index contributed by atoms with van der Waals surface area (Å²) in [7, 11) is 0. The summed E-state index contributed by atoms with van der Waals surface area (Å²) in [5.74, 6) is -2.01. The van der Waals surface area contributed by atoms with Crippen LogP contribution in [0.2, 0.25) is 0 Å². The summed E-state index contributed by atoms with van der Waals surface area (Å²) in [5.41, 5.74) is -0.955. The molecule has 0 aromatic rings. The van der Waals surface area contributed by atoms with E-state index in [4.69, 9.17) is 5.11 Å². The molecule has 1 amide bonds. The first-order chi connectivity index (χ1) is 8.26.